The van der Waals surface area contributed by atoms with Crippen LogP contribution >= 0.6 is 0 Å². The Morgan fingerprint density at radius 2 is 1.30 bits per heavy atom. The van der Waals surface area contributed by atoms with Crippen LogP contribution in [0.3, 0.4) is 0 Å². The van der Waals surface area contributed by atoms with Crippen molar-refractivity contribution in [2.45, 2.75) is 4.90 Å². The Morgan fingerprint density at radius 1 is 0.767 bits per heavy atom. The maximum Gasteiger partial charge on any atom is 0.266 e. The van der Waals surface area contributed by atoms with Crippen LogP contribution in [0.25, 0.3) is 0 Å². The van der Waals surface area contributed by atoms with Gasteiger partial charge in [0.15, 0.2) is 0 Å². The van der Waals surface area contributed by atoms with Crippen molar-refractivity contribution in [2.24, 2.45) is 0 Å². The van der Waals surface area contributed by atoms with Crippen molar-refractivity contribution in [3.05, 3.63) is 90.0 Å². The summed E-state index contributed by atoms with van der Waals surface area (Å²) in [6.07, 6.45) is 0. The Balaban J connectivity index is 1.67. The van der Waals surface area contributed by atoms with Gasteiger partial charge in [-0.3, -0.25) is 13.9 Å². The molecule has 0 saturated carbocycles. The van der Waals surface area contributed by atoms with E-state index in [1.54, 1.807) is 54.6 Å². The van der Waals surface area contributed by atoms with E-state index in [1.165, 1.54) is 24.3 Å². The number of aliphatic hydroxyl groups excluding tert-OH is 1. The number of carbonyl (C=O) groups is 2. The Bertz CT molecular complexity index is 1170. The smallest absolute Gasteiger partial charge is 0.266 e. The lowest BCUT2D eigenvalue weighted by Gasteiger charge is -2.24. The molecule has 0 bridgehead atoms. The highest BCUT2D eigenvalue weighted by Gasteiger charge is 2.36. The largest absolute Gasteiger partial charge is 0.394 e. The molecule has 3 aromatic carbocycles. The molecule has 4 rings (SSSR count). The number of benzene rings is 3. The number of imide groups is 1. The van der Waals surface area contributed by atoms with Gasteiger partial charge in [0.2, 0.25) is 0 Å². The fraction of sp³-hybridized carbons (Fsp3) is 0.0909. The Morgan fingerprint density at radius 3 is 1.83 bits per heavy atom. The molecule has 0 aromatic heterocycles. The first-order valence-electron chi connectivity index (χ1n) is 9.21. The number of sulfonamides is 1. The summed E-state index contributed by atoms with van der Waals surface area (Å²) in [5.74, 6) is -0.894. The van der Waals surface area contributed by atoms with Crippen LogP contribution in [0.1, 0.15) is 20.7 Å². The number of rotatable bonds is 6. The number of para-hydroxylation sites is 1. The molecule has 8 heteroatoms. The topological polar surface area (TPSA) is 95.0 Å². The van der Waals surface area contributed by atoms with E-state index < -0.39 is 21.8 Å². The summed E-state index contributed by atoms with van der Waals surface area (Å²) in [7, 11) is -3.95. The van der Waals surface area contributed by atoms with Gasteiger partial charge in [0.1, 0.15) is 0 Å². The molecule has 0 unspecified atom stereocenters. The average molecular weight is 422 g/mol. The predicted octanol–water partition coefficient (Wildman–Crippen LogP) is 2.67. The molecule has 1 aliphatic heterocycles. The lowest BCUT2D eigenvalue weighted by atomic mass is 10.1. The van der Waals surface area contributed by atoms with E-state index in [4.69, 9.17) is 0 Å². The molecule has 1 N–H and O–H groups in total. The van der Waals surface area contributed by atoms with Crippen LogP contribution in [-0.2, 0) is 10.0 Å². The van der Waals surface area contributed by atoms with Crippen LogP contribution in [0.15, 0.2) is 83.8 Å². The highest BCUT2D eigenvalue weighted by molar-refractivity contribution is 7.92. The minimum atomic E-state index is -3.95. The second kappa shape index (κ2) is 7.74. The normalized spacial score (nSPS) is 13.4. The standard InChI is InChI=1S/C22H18N2O5S/c25-15-14-23(16-6-2-1-3-7-16)30(28,29)18-12-10-17(11-13-18)24-21(26)19-8-4-5-9-20(19)22(24)27/h1-13,25H,14-15H2. The molecule has 7 nitrogen and oxygen atoms in total. The molecule has 0 spiro atoms. The summed E-state index contributed by atoms with van der Waals surface area (Å²) in [5.41, 5.74) is 1.35. The maximum absolute atomic E-state index is 13.1. The molecule has 152 valence electrons. The third-order valence-electron chi connectivity index (χ3n) is 4.82. The third kappa shape index (κ3) is 3.26. The maximum atomic E-state index is 13.1. The number of nitrogens with zero attached hydrogens (tertiary/aromatic N) is 2. The van der Waals surface area contributed by atoms with Crippen molar-refractivity contribution < 1.29 is 23.1 Å². The van der Waals surface area contributed by atoms with Crippen molar-refractivity contribution in [1.29, 1.82) is 0 Å². The van der Waals surface area contributed by atoms with Crippen molar-refractivity contribution in [1.82, 2.24) is 0 Å². The van der Waals surface area contributed by atoms with Crippen molar-refractivity contribution >= 4 is 33.2 Å². The van der Waals surface area contributed by atoms with Crippen molar-refractivity contribution in [3.8, 4) is 0 Å². The van der Waals surface area contributed by atoms with E-state index in [2.05, 4.69) is 0 Å². The molecule has 0 aliphatic carbocycles. The van der Waals surface area contributed by atoms with E-state index in [-0.39, 0.29) is 23.7 Å². The third-order valence-corrected chi connectivity index (χ3v) is 6.67. The van der Waals surface area contributed by atoms with E-state index in [9.17, 15) is 23.1 Å². The first-order valence-corrected chi connectivity index (χ1v) is 10.7. The Hall–Kier alpha value is -3.49. The Kier molecular flexibility index (Phi) is 5.11. The van der Waals surface area contributed by atoms with Gasteiger partial charge >= 0.3 is 0 Å². The van der Waals surface area contributed by atoms with Gasteiger partial charge in [-0.15, -0.1) is 0 Å². The van der Waals surface area contributed by atoms with Gasteiger partial charge in [-0.25, -0.2) is 13.3 Å². The summed E-state index contributed by atoms with van der Waals surface area (Å²) in [6.45, 7) is -0.451. The lowest BCUT2D eigenvalue weighted by Crippen LogP contribution is -2.33. The predicted molar refractivity (Wildman–Crippen MR) is 112 cm³/mol. The number of fused-ring (bicyclic) bond motifs is 1. The van der Waals surface area contributed by atoms with Crippen LogP contribution in [0.4, 0.5) is 11.4 Å². The van der Waals surface area contributed by atoms with E-state index in [1.807, 2.05) is 0 Å². The summed E-state index contributed by atoms with van der Waals surface area (Å²) in [6, 6.07) is 20.6. The van der Waals surface area contributed by atoms with E-state index >= 15 is 0 Å². The number of hydrogen-bond acceptors (Lipinski definition) is 5. The summed E-state index contributed by atoms with van der Waals surface area (Å²) >= 11 is 0. The zero-order valence-corrected chi connectivity index (χ0v) is 16.6. The second-order valence-corrected chi connectivity index (χ2v) is 8.48. The van der Waals surface area contributed by atoms with Crippen LogP contribution in [0, 0.1) is 0 Å². The zero-order valence-electron chi connectivity index (χ0n) is 15.8. The highest BCUT2D eigenvalue weighted by Crippen LogP contribution is 2.30. The minimum Gasteiger partial charge on any atom is -0.394 e. The first-order chi connectivity index (χ1) is 14.4. The van der Waals surface area contributed by atoms with Crippen molar-refractivity contribution in [3.63, 3.8) is 0 Å². The Labute approximate surface area is 173 Å². The van der Waals surface area contributed by atoms with Gasteiger partial charge in [0.25, 0.3) is 21.8 Å². The number of amides is 2. The fourth-order valence-corrected chi connectivity index (χ4v) is 4.85. The average Bonchev–Trinajstić information content (AvgIpc) is 3.03. The fourth-order valence-electron chi connectivity index (χ4n) is 3.39. The number of carbonyl (C=O) groups excluding carboxylic acids is 2. The van der Waals surface area contributed by atoms with Gasteiger partial charge in [-0.2, -0.15) is 0 Å². The van der Waals surface area contributed by atoms with Crippen molar-refractivity contribution in [2.75, 3.05) is 22.4 Å². The molecule has 0 fully saturated rings. The van der Waals surface area contributed by atoms with Gasteiger partial charge in [0.05, 0.1) is 40.5 Å². The van der Waals surface area contributed by atoms with Gasteiger partial charge in [-0.05, 0) is 48.5 Å². The molecule has 2 amide bonds. The second-order valence-electron chi connectivity index (χ2n) is 6.62. The molecule has 1 heterocycles. The summed E-state index contributed by atoms with van der Waals surface area (Å²) in [5, 5.41) is 9.35. The van der Waals surface area contributed by atoms with Crippen LogP contribution in [-0.4, -0.2) is 38.5 Å². The van der Waals surface area contributed by atoms with Crippen LogP contribution < -0.4 is 9.21 Å². The van der Waals surface area contributed by atoms with Gasteiger partial charge in [-0.1, -0.05) is 30.3 Å². The zero-order chi connectivity index (χ0) is 21.3. The van der Waals surface area contributed by atoms with E-state index in [0.717, 1.165) is 9.21 Å². The van der Waals surface area contributed by atoms with E-state index in [0.29, 0.717) is 16.8 Å². The molecule has 30 heavy (non-hydrogen) atoms. The minimum absolute atomic E-state index is 0.0137. The number of hydrogen-bond donors (Lipinski definition) is 1. The van der Waals surface area contributed by atoms with Gasteiger partial charge in [0, 0.05) is 0 Å². The van der Waals surface area contributed by atoms with Gasteiger partial charge < -0.3 is 5.11 Å². The van der Waals surface area contributed by atoms with Crippen LogP contribution in [0.2, 0.25) is 0 Å². The number of anilines is 2. The summed E-state index contributed by atoms with van der Waals surface area (Å²) < 4.78 is 27.4. The summed E-state index contributed by atoms with van der Waals surface area (Å²) in [4.78, 5) is 26.3. The highest BCUT2D eigenvalue weighted by atomic mass is 32.2. The monoisotopic (exact) mass is 422 g/mol. The number of aliphatic hydroxyl groups is 1. The SMILES string of the molecule is O=C1c2ccccc2C(=O)N1c1ccc(S(=O)(=O)N(CCO)c2ccccc2)cc1. The lowest BCUT2D eigenvalue weighted by molar-refractivity contribution is 0.0926. The molecular formula is C22H18N2O5S. The molecule has 3 aromatic rings. The quantitative estimate of drug-likeness (QED) is 0.617. The molecular weight excluding hydrogens is 404 g/mol. The van der Waals surface area contributed by atoms with Crippen LogP contribution in [0.5, 0.6) is 0 Å². The molecule has 0 saturated heterocycles. The molecule has 0 radical (unpaired) electrons. The molecule has 0 atom stereocenters. The first kappa shape index (κ1) is 19.8. The molecule has 1 aliphatic rings.